The third kappa shape index (κ3) is 3.04. The van der Waals surface area contributed by atoms with Crippen molar-refractivity contribution in [3.8, 4) is 0 Å². The Balaban J connectivity index is 1.72. The standard InChI is InChI=1S/C20H19N5S/c1-13-7-9-14(10-8-13)17-11-19(25(24-17)20(26)21-2)18-12-22-15-5-3-4-6-16(15)23-18/h3-10,12,19H,11H2,1-2H3,(H,21,26)/t19-/m1/s1. The van der Waals surface area contributed by atoms with E-state index in [1.54, 1.807) is 0 Å². The van der Waals surface area contributed by atoms with Crippen molar-refractivity contribution >= 4 is 34.1 Å². The lowest BCUT2D eigenvalue weighted by Gasteiger charge is -2.22. The number of nitrogens with zero attached hydrogens (tertiary/aromatic N) is 4. The van der Waals surface area contributed by atoms with Crippen LogP contribution in [-0.4, -0.2) is 32.8 Å². The van der Waals surface area contributed by atoms with E-state index < -0.39 is 0 Å². The van der Waals surface area contributed by atoms with Gasteiger partial charge in [-0.3, -0.25) is 4.98 Å². The van der Waals surface area contributed by atoms with Crippen molar-refractivity contribution in [2.45, 2.75) is 19.4 Å². The number of para-hydroxylation sites is 2. The molecule has 1 N–H and O–H groups in total. The Morgan fingerprint density at radius 2 is 1.85 bits per heavy atom. The summed E-state index contributed by atoms with van der Waals surface area (Å²) in [5.41, 5.74) is 5.97. The minimum Gasteiger partial charge on any atom is -0.364 e. The summed E-state index contributed by atoms with van der Waals surface area (Å²) in [6.45, 7) is 2.08. The summed E-state index contributed by atoms with van der Waals surface area (Å²) in [5, 5.41) is 10.2. The van der Waals surface area contributed by atoms with Crippen LogP contribution in [0.3, 0.4) is 0 Å². The third-order valence-electron chi connectivity index (χ3n) is 4.53. The van der Waals surface area contributed by atoms with Crippen LogP contribution in [0.4, 0.5) is 0 Å². The summed E-state index contributed by atoms with van der Waals surface area (Å²) in [5.74, 6) is 0. The third-order valence-corrected chi connectivity index (χ3v) is 4.92. The van der Waals surface area contributed by atoms with E-state index in [1.807, 2.05) is 42.5 Å². The van der Waals surface area contributed by atoms with E-state index in [0.29, 0.717) is 5.11 Å². The second-order valence-corrected chi connectivity index (χ2v) is 6.70. The van der Waals surface area contributed by atoms with E-state index in [4.69, 9.17) is 22.3 Å². The van der Waals surface area contributed by atoms with Gasteiger partial charge in [-0.1, -0.05) is 42.0 Å². The zero-order valence-corrected chi connectivity index (χ0v) is 15.5. The van der Waals surface area contributed by atoms with Crippen LogP contribution >= 0.6 is 12.2 Å². The minimum absolute atomic E-state index is 0.0663. The summed E-state index contributed by atoms with van der Waals surface area (Å²) < 4.78 is 0. The normalized spacial score (nSPS) is 16.6. The number of rotatable bonds is 2. The molecule has 0 bridgehead atoms. The molecule has 0 aliphatic carbocycles. The number of benzene rings is 2. The molecule has 0 radical (unpaired) electrons. The van der Waals surface area contributed by atoms with Crippen molar-refractivity contribution in [1.29, 1.82) is 0 Å². The van der Waals surface area contributed by atoms with Crippen molar-refractivity contribution in [1.82, 2.24) is 20.3 Å². The number of thiocarbonyl (C=S) groups is 1. The van der Waals surface area contributed by atoms with E-state index in [0.717, 1.165) is 34.4 Å². The van der Waals surface area contributed by atoms with Gasteiger partial charge in [0.1, 0.15) is 6.04 Å². The average Bonchev–Trinajstić information content (AvgIpc) is 3.13. The molecule has 5 nitrogen and oxygen atoms in total. The Kier molecular flexibility index (Phi) is 4.34. The Labute approximate surface area is 157 Å². The maximum Gasteiger partial charge on any atom is 0.190 e. The highest BCUT2D eigenvalue weighted by molar-refractivity contribution is 7.80. The van der Waals surface area contributed by atoms with Crippen molar-refractivity contribution < 1.29 is 0 Å². The summed E-state index contributed by atoms with van der Waals surface area (Å²) >= 11 is 5.47. The number of nitrogens with one attached hydrogen (secondary N) is 1. The Bertz CT molecular complexity index is 997. The van der Waals surface area contributed by atoms with Gasteiger partial charge in [0.15, 0.2) is 5.11 Å². The predicted molar refractivity (Wildman–Crippen MR) is 108 cm³/mol. The molecule has 1 aliphatic rings. The van der Waals surface area contributed by atoms with E-state index >= 15 is 0 Å². The maximum absolute atomic E-state index is 5.47. The zero-order valence-electron chi connectivity index (χ0n) is 14.7. The highest BCUT2D eigenvalue weighted by Gasteiger charge is 2.32. The van der Waals surface area contributed by atoms with Crippen LogP contribution < -0.4 is 5.32 Å². The molecule has 2 aromatic carbocycles. The molecule has 2 heterocycles. The molecule has 0 fully saturated rings. The van der Waals surface area contributed by atoms with Gasteiger partial charge in [-0.2, -0.15) is 5.10 Å². The molecule has 0 saturated heterocycles. The van der Waals surface area contributed by atoms with Crippen LogP contribution in [0.25, 0.3) is 11.0 Å². The molecule has 0 unspecified atom stereocenters. The van der Waals surface area contributed by atoms with Gasteiger partial charge in [0.2, 0.25) is 0 Å². The molecule has 4 rings (SSSR count). The largest absolute Gasteiger partial charge is 0.364 e. The van der Waals surface area contributed by atoms with Gasteiger partial charge in [0, 0.05) is 13.5 Å². The Morgan fingerprint density at radius 1 is 1.12 bits per heavy atom. The Hall–Kier alpha value is -2.86. The van der Waals surface area contributed by atoms with E-state index in [9.17, 15) is 0 Å². The second-order valence-electron chi connectivity index (χ2n) is 6.32. The quantitative estimate of drug-likeness (QED) is 0.707. The SMILES string of the molecule is CNC(=S)N1N=C(c2ccc(C)cc2)C[C@@H]1c1cnc2ccccc2n1. The summed E-state index contributed by atoms with van der Waals surface area (Å²) in [6.07, 6.45) is 2.56. The van der Waals surface area contributed by atoms with Crippen LogP contribution in [-0.2, 0) is 0 Å². The maximum atomic E-state index is 5.47. The molecule has 1 atom stereocenters. The van der Waals surface area contributed by atoms with Crippen molar-refractivity contribution in [3.05, 3.63) is 71.5 Å². The molecular formula is C20H19N5S. The lowest BCUT2D eigenvalue weighted by Crippen LogP contribution is -2.34. The topological polar surface area (TPSA) is 53.4 Å². The molecule has 0 saturated carbocycles. The van der Waals surface area contributed by atoms with Crippen molar-refractivity contribution in [2.24, 2.45) is 5.10 Å². The first kappa shape index (κ1) is 16.6. The van der Waals surface area contributed by atoms with Crippen molar-refractivity contribution in [2.75, 3.05) is 7.05 Å². The molecular weight excluding hydrogens is 342 g/mol. The molecule has 6 heteroatoms. The molecule has 3 aromatic rings. The number of hydrogen-bond donors (Lipinski definition) is 1. The lowest BCUT2D eigenvalue weighted by atomic mass is 10.0. The summed E-state index contributed by atoms with van der Waals surface area (Å²) in [6, 6.07) is 16.2. The van der Waals surface area contributed by atoms with Crippen LogP contribution in [0.5, 0.6) is 0 Å². The number of fused-ring (bicyclic) bond motifs is 1. The fraction of sp³-hybridized carbons (Fsp3) is 0.200. The first-order chi connectivity index (χ1) is 12.7. The highest BCUT2D eigenvalue weighted by Crippen LogP contribution is 2.32. The smallest absolute Gasteiger partial charge is 0.190 e. The average molecular weight is 361 g/mol. The highest BCUT2D eigenvalue weighted by atomic mass is 32.1. The lowest BCUT2D eigenvalue weighted by molar-refractivity contribution is 0.360. The molecule has 26 heavy (non-hydrogen) atoms. The summed E-state index contributed by atoms with van der Waals surface area (Å²) in [7, 11) is 1.81. The van der Waals surface area contributed by atoms with Crippen LogP contribution in [0, 0.1) is 6.92 Å². The number of hydrazone groups is 1. The minimum atomic E-state index is -0.0663. The van der Waals surface area contributed by atoms with Gasteiger partial charge in [-0.15, -0.1) is 0 Å². The monoisotopic (exact) mass is 361 g/mol. The van der Waals surface area contributed by atoms with Crippen LogP contribution in [0.2, 0.25) is 0 Å². The van der Waals surface area contributed by atoms with E-state index in [-0.39, 0.29) is 6.04 Å². The van der Waals surface area contributed by atoms with Gasteiger partial charge in [0.05, 0.1) is 28.6 Å². The van der Waals surface area contributed by atoms with Crippen molar-refractivity contribution in [3.63, 3.8) is 0 Å². The fourth-order valence-electron chi connectivity index (χ4n) is 3.10. The van der Waals surface area contributed by atoms with E-state index in [1.165, 1.54) is 5.56 Å². The molecule has 0 amide bonds. The van der Waals surface area contributed by atoms with Crippen LogP contribution in [0.1, 0.15) is 29.3 Å². The first-order valence-electron chi connectivity index (χ1n) is 8.53. The first-order valence-corrected chi connectivity index (χ1v) is 8.93. The number of hydrogen-bond acceptors (Lipinski definition) is 4. The van der Waals surface area contributed by atoms with Gasteiger partial charge in [0.25, 0.3) is 0 Å². The Morgan fingerprint density at radius 3 is 2.58 bits per heavy atom. The van der Waals surface area contributed by atoms with Gasteiger partial charge >= 0.3 is 0 Å². The fourth-order valence-corrected chi connectivity index (χ4v) is 3.26. The number of aryl methyl sites for hydroxylation is 1. The van der Waals surface area contributed by atoms with E-state index in [2.05, 4.69) is 41.5 Å². The predicted octanol–water partition coefficient (Wildman–Crippen LogP) is 3.59. The summed E-state index contributed by atoms with van der Waals surface area (Å²) in [4.78, 5) is 9.35. The molecule has 1 aliphatic heterocycles. The van der Waals surface area contributed by atoms with Gasteiger partial charge in [-0.05, 0) is 36.8 Å². The van der Waals surface area contributed by atoms with Gasteiger partial charge < -0.3 is 5.32 Å². The molecule has 130 valence electrons. The van der Waals surface area contributed by atoms with Gasteiger partial charge in [-0.25, -0.2) is 9.99 Å². The van der Waals surface area contributed by atoms with Crippen LogP contribution in [0.15, 0.2) is 59.8 Å². The number of aromatic nitrogens is 2. The molecule has 1 aromatic heterocycles. The zero-order chi connectivity index (χ0) is 18.1. The molecule has 0 spiro atoms. The second kappa shape index (κ2) is 6.80.